The van der Waals surface area contributed by atoms with Crippen molar-refractivity contribution in [3.63, 3.8) is 0 Å². The van der Waals surface area contributed by atoms with Crippen LogP contribution in [0.2, 0.25) is 0 Å². The van der Waals surface area contributed by atoms with Crippen LogP contribution >= 0.6 is 0 Å². The van der Waals surface area contributed by atoms with Crippen LogP contribution in [0.4, 0.5) is 23.0 Å². The van der Waals surface area contributed by atoms with E-state index in [1.807, 2.05) is 42.5 Å². The van der Waals surface area contributed by atoms with E-state index in [2.05, 4.69) is 20.1 Å². The van der Waals surface area contributed by atoms with Crippen molar-refractivity contribution < 1.29 is 23.4 Å². The molecule has 1 saturated heterocycles. The number of aliphatic hydroxyl groups is 2. The fourth-order valence-electron chi connectivity index (χ4n) is 5.17. The quantitative estimate of drug-likeness (QED) is 0.251. The first kappa shape index (κ1) is 29.6. The number of methoxy groups -OCH3 is 1. The Kier molecular flexibility index (Phi) is 8.82. The molecule has 1 aliphatic rings. The monoisotopic (exact) mass is 595 g/mol. The van der Waals surface area contributed by atoms with Crippen LogP contribution in [0, 0.1) is 0 Å². The van der Waals surface area contributed by atoms with E-state index in [0.29, 0.717) is 29.6 Å². The highest BCUT2D eigenvalue weighted by Crippen LogP contribution is 2.34. The van der Waals surface area contributed by atoms with Gasteiger partial charge in [0, 0.05) is 50.5 Å². The minimum atomic E-state index is -3.46. The number of ether oxygens (including phenoxy) is 1. The number of sulfonamides is 1. The van der Waals surface area contributed by atoms with Crippen molar-refractivity contribution in [3.8, 4) is 17.0 Å². The molecular weight excluding hydrogens is 558 g/mol. The minimum Gasteiger partial charge on any atom is -0.494 e. The van der Waals surface area contributed by atoms with E-state index in [4.69, 9.17) is 9.84 Å². The summed E-state index contributed by atoms with van der Waals surface area (Å²) in [5, 5.41) is 27.0. The van der Waals surface area contributed by atoms with Crippen LogP contribution in [0.15, 0.2) is 60.8 Å². The lowest BCUT2D eigenvalue weighted by Crippen LogP contribution is -2.37. The van der Waals surface area contributed by atoms with Crippen LogP contribution in [0.5, 0.6) is 5.75 Å². The standard InChI is InChI=1S/C29H37N7O5S/c1-33(42(3,39)40)26-8-5-4-7-24(26)27-12-10-22-18-30-29(32-36(22)27)31-25-11-9-21(17-28(25)41-2)35-14-6-13-34(15-16-35)19-23(38)20-37/h4-5,7-12,17-18,23,37-38H,6,13-16,19-20H2,1-3H3,(H,31,32). The number of aromatic nitrogens is 3. The van der Waals surface area contributed by atoms with Crippen LogP contribution in [-0.4, -0.2) is 104 Å². The Balaban J connectivity index is 1.39. The molecule has 0 saturated carbocycles. The molecule has 2 aromatic carbocycles. The zero-order valence-corrected chi connectivity index (χ0v) is 24.8. The van der Waals surface area contributed by atoms with E-state index >= 15 is 0 Å². The van der Waals surface area contributed by atoms with Crippen LogP contribution in [0.25, 0.3) is 16.8 Å². The van der Waals surface area contributed by atoms with Gasteiger partial charge in [0.1, 0.15) is 5.75 Å². The maximum atomic E-state index is 12.3. The van der Waals surface area contributed by atoms with Gasteiger partial charge in [-0.25, -0.2) is 17.9 Å². The summed E-state index contributed by atoms with van der Waals surface area (Å²) in [6.45, 7) is 3.54. The number of β-amino-alcohol motifs (C(OH)–C–C–N with tert-alkyl or cyclic N) is 1. The molecule has 0 aliphatic carbocycles. The molecule has 2 aromatic heterocycles. The number of hydrogen-bond acceptors (Lipinski definition) is 10. The summed E-state index contributed by atoms with van der Waals surface area (Å²) in [5.41, 5.74) is 4.49. The molecule has 12 nitrogen and oxygen atoms in total. The van der Waals surface area contributed by atoms with E-state index in [-0.39, 0.29) is 6.61 Å². The highest BCUT2D eigenvalue weighted by Gasteiger charge is 2.20. The lowest BCUT2D eigenvalue weighted by Gasteiger charge is -2.25. The summed E-state index contributed by atoms with van der Waals surface area (Å²) in [4.78, 5) is 8.95. The molecular formula is C29H37N7O5S. The average Bonchev–Trinajstić information content (AvgIpc) is 3.26. The van der Waals surface area contributed by atoms with Crippen LogP contribution in [0.3, 0.4) is 0 Å². The molecule has 1 aliphatic heterocycles. The number of nitrogens with zero attached hydrogens (tertiary/aromatic N) is 6. The number of aliphatic hydroxyl groups excluding tert-OH is 2. The first-order valence-corrected chi connectivity index (χ1v) is 15.6. The van der Waals surface area contributed by atoms with E-state index in [1.165, 1.54) is 17.6 Å². The van der Waals surface area contributed by atoms with Crippen molar-refractivity contribution >= 4 is 38.6 Å². The van der Waals surface area contributed by atoms with Gasteiger partial charge in [-0.15, -0.1) is 5.10 Å². The van der Waals surface area contributed by atoms with E-state index in [1.54, 1.807) is 30.0 Å². The van der Waals surface area contributed by atoms with Gasteiger partial charge >= 0.3 is 0 Å². The lowest BCUT2D eigenvalue weighted by atomic mass is 10.1. The molecule has 0 bridgehead atoms. The second-order valence-corrected chi connectivity index (χ2v) is 12.4. The summed E-state index contributed by atoms with van der Waals surface area (Å²) in [7, 11) is -0.310. The minimum absolute atomic E-state index is 0.234. The van der Waals surface area contributed by atoms with Crippen LogP contribution in [0.1, 0.15) is 6.42 Å². The number of fused-ring (bicyclic) bond motifs is 1. The van der Waals surface area contributed by atoms with Crippen molar-refractivity contribution in [1.82, 2.24) is 19.5 Å². The largest absolute Gasteiger partial charge is 0.494 e. The number of para-hydroxylation sites is 1. The molecule has 0 spiro atoms. The fraction of sp³-hybridized carbons (Fsp3) is 0.379. The predicted molar refractivity (Wildman–Crippen MR) is 164 cm³/mol. The zero-order chi connectivity index (χ0) is 29.9. The Morgan fingerprint density at radius 1 is 1.10 bits per heavy atom. The Labute approximate surface area is 245 Å². The first-order chi connectivity index (χ1) is 20.2. The summed E-state index contributed by atoms with van der Waals surface area (Å²) >= 11 is 0. The first-order valence-electron chi connectivity index (χ1n) is 13.8. The molecule has 4 aromatic rings. The predicted octanol–water partition coefficient (Wildman–Crippen LogP) is 2.41. The molecule has 0 radical (unpaired) electrons. The Morgan fingerprint density at radius 2 is 1.90 bits per heavy atom. The average molecular weight is 596 g/mol. The third kappa shape index (κ3) is 6.44. The van der Waals surface area contributed by atoms with Gasteiger partial charge in [-0.1, -0.05) is 18.2 Å². The molecule has 1 fully saturated rings. The highest BCUT2D eigenvalue weighted by atomic mass is 32.2. The molecule has 1 atom stereocenters. The van der Waals surface area contributed by atoms with Gasteiger partial charge in [-0.05, 0) is 43.3 Å². The lowest BCUT2D eigenvalue weighted by molar-refractivity contribution is 0.0612. The van der Waals surface area contributed by atoms with E-state index in [0.717, 1.165) is 55.1 Å². The third-order valence-corrected chi connectivity index (χ3v) is 8.67. The van der Waals surface area contributed by atoms with Crippen molar-refractivity contribution in [3.05, 3.63) is 60.8 Å². The topological polar surface area (TPSA) is 136 Å². The second kappa shape index (κ2) is 12.5. The summed E-state index contributed by atoms with van der Waals surface area (Å²) in [6, 6.07) is 17.0. The van der Waals surface area contributed by atoms with Crippen LogP contribution in [-0.2, 0) is 10.0 Å². The maximum absolute atomic E-state index is 12.3. The molecule has 0 amide bonds. The molecule has 1 unspecified atom stereocenters. The van der Waals surface area contributed by atoms with Gasteiger partial charge in [0.15, 0.2) is 0 Å². The second-order valence-electron chi connectivity index (χ2n) is 10.4. The van der Waals surface area contributed by atoms with Crippen molar-refractivity contribution in [2.24, 2.45) is 0 Å². The van der Waals surface area contributed by atoms with E-state index in [9.17, 15) is 18.6 Å². The van der Waals surface area contributed by atoms with Crippen LogP contribution < -0.4 is 19.3 Å². The molecule has 13 heteroatoms. The molecule has 42 heavy (non-hydrogen) atoms. The van der Waals surface area contributed by atoms with E-state index < -0.39 is 16.1 Å². The highest BCUT2D eigenvalue weighted by molar-refractivity contribution is 7.92. The Hall–Kier alpha value is -3.91. The SMILES string of the molecule is COc1cc(N2CCCN(CC(O)CO)CC2)ccc1Nc1ncc2ccc(-c3ccccc3N(C)S(C)(=O)=O)n2n1. The molecule has 5 rings (SSSR count). The fourth-order valence-corrected chi connectivity index (χ4v) is 5.69. The third-order valence-electron chi connectivity index (χ3n) is 7.48. The van der Waals surface area contributed by atoms with Gasteiger partial charge in [0.05, 0.1) is 54.9 Å². The maximum Gasteiger partial charge on any atom is 0.245 e. The summed E-state index contributed by atoms with van der Waals surface area (Å²) in [5.74, 6) is 0.994. The van der Waals surface area contributed by atoms with Gasteiger partial charge in [-0.3, -0.25) is 9.21 Å². The van der Waals surface area contributed by atoms with Crippen molar-refractivity contribution in [1.29, 1.82) is 0 Å². The van der Waals surface area contributed by atoms with Gasteiger partial charge in [-0.2, -0.15) is 0 Å². The molecule has 224 valence electrons. The Morgan fingerprint density at radius 3 is 2.67 bits per heavy atom. The number of rotatable bonds is 10. The molecule has 3 heterocycles. The van der Waals surface area contributed by atoms with Gasteiger partial charge < -0.3 is 25.2 Å². The Bertz CT molecular complexity index is 1640. The van der Waals surface area contributed by atoms with Crippen molar-refractivity contribution in [2.75, 3.05) is 74.3 Å². The van der Waals surface area contributed by atoms with Gasteiger partial charge in [0.25, 0.3) is 0 Å². The number of hydrogen-bond donors (Lipinski definition) is 3. The summed E-state index contributed by atoms with van der Waals surface area (Å²) in [6.07, 6.45) is 3.10. The normalized spacial score (nSPS) is 15.4. The van der Waals surface area contributed by atoms with Crippen molar-refractivity contribution in [2.45, 2.75) is 12.5 Å². The van der Waals surface area contributed by atoms with Gasteiger partial charge in [0.2, 0.25) is 16.0 Å². The zero-order valence-electron chi connectivity index (χ0n) is 24.0. The number of nitrogens with one attached hydrogen (secondary N) is 1. The number of benzene rings is 2. The number of anilines is 4. The smallest absolute Gasteiger partial charge is 0.245 e. The molecule has 3 N–H and O–H groups in total. The summed E-state index contributed by atoms with van der Waals surface area (Å²) < 4.78 is 33.3.